The molecule has 0 aliphatic heterocycles. The van der Waals surface area contributed by atoms with Crippen molar-refractivity contribution in [1.29, 1.82) is 0 Å². The molecule has 3 N–H and O–H groups in total. The van der Waals surface area contributed by atoms with Gasteiger partial charge in [-0.2, -0.15) is 0 Å². The molecule has 8 aromatic rings. The number of azide groups is 1. The fourth-order valence-corrected chi connectivity index (χ4v) is 8.79. The third-order valence-electron chi connectivity index (χ3n) is 11.5. The molecule has 0 bridgehead atoms. The largest absolute Gasteiger partial charge is 0.508 e. The summed E-state index contributed by atoms with van der Waals surface area (Å²) in [4.78, 5) is 87.1. The van der Waals surface area contributed by atoms with Gasteiger partial charge in [0.15, 0.2) is 0 Å². The predicted octanol–water partition coefficient (Wildman–Crippen LogP) is 11.2. The molecule has 3 aliphatic rings. The van der Waals surface area contributed by atoms with Crippen molar-refractivity contribution >= 4 is 55.4 Å². The van der Waals surface area contributed by atoms with Gasteiger partial charge in [0.25, 0.3) is 0 Å². The Labute approximate surface area is 454 Å². The second-order valence-electron chi connectivity index (χ2n) is 18.1. The zero-order valence-corrected chi connectivity index (χ0v) is 45.6. The number of aldehydes is 1. The number of hydrogen-bond acceptors (Lipinski definition) is 18. The molecule has 0 spiro atoms. The smallest absolute Gasteiger partial charge is 0.345 e. The quantitative estimate of drug-likeness (QED) is 0.0703. The van der Waals surface area contributed by atoms with Crippen LogP contribution in [0.5, 0.6) is 5.75 Å². The maximum atomic E-state index is 11.9. The Morgan fingerprint density at radius 2 is 1.15 bits per heavy atom. The van der Waals surface area contributed by atoms with E-state index in [4.69, 9.17) is 25.2 Å². The number of nitrogens with two attached hydrogens (primary N) is 1. The van der Waals surface area contributed by atoms with Crippen molar-refractivity contribution in [1.82, 2.24) is 9.97 Å². The van der Waals surface area contributed by atoms with E-state index in [1.165, 1.54) is 67.5 Å². The molecule has 0 radical (unpaired) electrons. The van der Waals surface area contributed by atoms with Gasteiger partial charge < -0.3 is 37.3 Å². The van der Waals surface area contributed by atoms with Crippen molar-refractivity contribution in [3.63, 3.8) is 0 Å². The third kappa shape index (κ3) is 19.5. The first-order chi connectivity index (χ1) is 37.2. The number of anilines is 1. The topological polar surface area (TPSA) is 319 Å². The van der Waals surface area contributed by atoms with Gasteiger partial charge in [-0.15, -0.1) is 0 Å². The van der Waals surface area contributed by atoms with Gasteiger partial charge in [0.05, 0.1) is 27.9 Å². The predicted molar refractivity (Wildman–Crippen MR) is 297 cm³/mol. The molecule has 0 fully saturated rings. The first-order valence-electron chi connectivity index (χ1n) is 24.8. The number of allylic oxidation sites excluding steroid dienone is 2. The molecule has 0 atom stereocenters. The van der Waals surface area contributed by atoms with E-state index in [1.54, 1.807) is 53.7 Å². The Kier molecular flexibility index (Phi) is 22.8. The second kappa shape index (κ2) is 29.6. The Balaban J connectivity index is 0.000000171. The van der Waals surface area contributed by atoms with Gasteiger partial charge in [0.1, 0.15) is 46.6 Å². The lowest BCUT2D eigenvalue weighted by atomic mass is 9.91. The summed E-state index contributed by atoms with van der Waals surface area (Å²) in [5.41, 5.74) is 19.1. The summed E-state index contributed by atoms with van der Waals surface area (Å²) in [5, 5.41) is 13.3. The SMILES string of the molecule is Cc1cc(Br)cc(=O)o1.Cc1cc(N)cc(=O)o1.Cc1cc(N=[N+]=[N-])cc(=O)o1.Cc1cc(O)cc(=O)o1.Cc1cc2nc3c(cc2c(=O)o1)CCCC3.Cc1cc2ncc3c(c2c(=O)o1)CCCC3.O=CC1=CCCCC1. The van der Waals surface area contributed by atoms with Crippen molar-refractivity contribution in [2.45, 2.75) is 119 Å². The third-order valence-corrected chi connectivity index (χ3v) is 12.0. The highest BCUT2D eigenvalue weighted by Crippen LogP contribution is 2.26. The summed E-state index contributed by atoms with van der Waals surface area (Å²) < 4.78 is 29.5. The van der Waals surface area contributed by atoms with Crippen LogP contribution < -0.4 is 39.5 Å². The van der Waals surface area contributed by atoms with E-state index < -0.39 is 16.9 Å². The van der Waals surface area contributed by atoms with Crippen molar-refractivity contribution in [3.05, 3.63) is 219 Å². The summed E-state index contributed by atoms with van der Waals surface area (Å²) in [6.45, 7) is 10.2. The zero-order chi connectivity index (χ0) is 56.9. The minimum absolute atomic E-state index is 0.0521. The van der Waals surface area contributed by atoms with Crippen molar-refractivity contribution < 1.29 is 36.4 Å². The Bertz CT molecular complexity index is 3630. The number of rotatable bonds is 2. The van der Waals surface area contributed by atoms with E-state index >= 15 is 0 Å². The molecule has 8 heterocycles. The van der Waals surface area contributed by atoms with Crippen molar-refractivity contribution in [2.75, 3.05) is 5.73 Å². The number of aromatic hydroxyl groups is 1. The number of nitrogens with zero attached hydrogens (tertiary/aromatic N) is 5. The standard InChI is InChI=1S/2C13H13NO2.C7H10O.C6H5BrO2.C6H5N3O2.C6H7NO2.C6H6O3/c1-8-6-12-10(13(15)16-8)7-9-4-2-3-5-11(9)14-12;1-8-6-11-12(13(15)16-8)10-5-3-2-4-9(10)7-14-11;8-6-7-4-2-1-3-5-7;1-4-2-5(7)3-6(8)9-4;1-4-2-5(8-9-7)3-6(10)11-4;2*1-4-2-5(7)3-6(8)9-4/h2*6-7H,2-5H2,1H3;4,6H,1-3,5H2;2-3H,1H3;2-3H,1H3;2-3H,7H2,1H3;2-3,7H,1H3. The van der Waals surface area contributed by atoms with Crippen LogP contribution in [0.15, 0.2) is 149 Å². The molecule has 8 aromatic heterocycles. The minimum atomic E-state index is -0.521. The van der Waals surface area contributed by atoms with Gasteiger partial charge in [0.2, 0.25) is 0 Å². The highest BCUT2D eigenvalue weighted by atomic mass is 79.9. The maximum Gasteiger partial charge on any atom is 0.345 e. The van der Waals surface area contributed by atoms with Crippen molar-refractivity contribution in [3.8, 4) is 5.75 Å². The number of carbonyl (C=O) groups excluding carboxylic acids is 1. The molecule has 11 rings (SSSR count). The number of aromatic nitrogens is 2. The Morgan fingerprint density at radius 3 is 1.72 bits per heavy atom. The van der Waals surface area contributed by atoms with Crippen molar-refractivity contribution in [2.24, 2.45) is 5.11 Å². The fraction of sp³-hybridized carbons (Fsp3) is 0.316. The first kappa shape index (κ1) is 60.2. The number of fused-ring (bicyclic) bond motifs is 5. The molecule has 408 valence electrons. The van der Waals surface area contributed by atoms with Crippen LogP contribution in [0.3, 0.4) is 0 Å². The minimum Gasteiger partial charge on any atom is -0.508 e. The lowest BCUT2D eigenvalue weighted by molar-refractivity contribution is -0.105. The van der Waals surface area contributed by atoms with E-state index in [2.05, 4.69) is 53.6 Å². The number of aryl methyl sites for hydroxylation is 10. The number of halogens is 1. The van der Waals surface area contributed by atoms with Crippen LogP contribution in [0.1, 0.15) is 108 Å². The number of nitrogen functional groups attached to an aromatic ring is 1. The van der Waals surface area contributed by atoms with Gasteiger partial charge >= 0.3 is 33.8 Å². The summed E-state index contributed by atoms with van der Waals surface area (Å²) in [7, 11) is 0. The molecular formula is C57H59BrN6O14. The summed E-state index contributed by atoms with van der Waals surface area (Å²) >= 11 is 3.15. The van der Waals surface area contributed by atoms with E-state index in [9.17, 15) is 33.6 Å². The zero-order valence-electron chi connectivity index (χ0n) is 44.0. The molecule has 3 aliphatic carbocycles. The van der Waals surface area contributed by atoms with E-state index in [0.717, 1.165) is 95.7 Å². The maximum absolute atomic E-state index is 11.9. The average molecular weight is 1130 g/mol. The normalized spacial score (nSPS) is 12.7. The van der Waals surface area contributed by atoms with Gasteiger partial charge in [0, 0.05) is 69.0 Å². The summed E-state index contributed by atoms with van der Waals surface area (Å²) in [5.74, 6) is 3.21. The lowest BCUT2D eigenvalue weighted by Gasteiger charge is -2.16. The summed E-state index contributed by atoms with van der Waals surface area (Å²) in [6.07, 6.45) is 18.3. The van der Waals surface area contributed by atoms with Crippen LogP contribution in [-0.2, 0) is 30.5 Å². The molecule has 21 heteroatoms. The Hall–Kier alpha value is -8.68. The molecule has 0 unspecified atom stereocenters. The number of hydrogen-bond donors (Lipinski definition) is 2. The van der Waals surface area contributed by atoms with Crippen LogP contribution in [0.2, 0.25) is 0 Å². The Morgan fingerprint density at radius 1 is 0.603 bits per heavy atom. The highest BCUT2D eigenvalue weighted by Gasteiger charge is 2.17. The van der Waals surface area contributed by atoms with E-state index in [1.807, 2.05) is 30.5 Å². The summed E-state index contributed by atoms with van der Waals surface area (Å²) in [6, 6.07) is 16.6. The lowest BCUT2D eigenvalue weighted by Crippen LogP contribution is -2.11. The molecule has 0 amide bonds. The van der Waals surface area contributed by atoms with E-state index in [-0.39, 0.29) is 28.3 Å². The fourth-order valence-electron chi connectivity index (χ4n) is 8.28. The van der Waals surface area contributed by atoms with Gasteiger partial charge in [-0.05, 0) is 171 Å². The molecular weight excluding hydrogens is 1070 g/mol. The van der Waals surface area contributed by atoms with Crippen LogP contribution >= 0.6 is 15.9 Å². The number of carbonyl (C=O) groups is 1. The molecule has 78 heavy (non-hydrogen) atoms. The first-order valence-corrected chi connectivity index (χ1v) is 25.6. The molecule has 0 saturated carbocycles. The number of pyridine rings is 2. The molecule has 0 saturated heterocycles. The van der Waals surface area contributed by atoms with Gasteiger partial charge in [-0.3, -0.25) is 14.8 Å². The average Bonchev–Trinajstić information content (AvgIpc) is 3.45. The van der Waals surface area contributed by atoms with Gasteiger partial charge in [-0.25, -0.2) is 28.8 Å². The second-order valence-corrected chi connectivity index (χ2v) is 19.0. The van der Waals surface area contributed by atoms with Crippen LogP contribution in [0.25, 0.3) is 32.2 Å². The monoisotopic (exact) mass is 1130 g/mol. The molecule has 0 aromatic carbocycles. The van der Waals surface area contributed by atoms with E-state index in [0.29, 0.717) is 51.0 Å². The van der Waals surface area contributed by atoms with Gasteiger partial charge in [-0.1, -0.05) is 27.1 Å². The van der Waals surface area contributed by atoms with Crippen LogP contribution in [0.4, 0.5) is 11.4 Å². The van der Waals surface area contributed by atoms with Crippen LogP contribution in [-0.4, -0.2) is 21.4 Å². The van der Waals surface area contributed by atoms with Crippen LogP contribution in [0, 0.1) is 41.5 Å². The molecule has 20 nitrogen and oxygen atoms in total. The highest BCUT2D eigenvalue weighted by molar-refractivity contribution is 9.10.